The van der Waals surface area contributed by atoms with Gasteiger partial charge in [0, 0.05) is 11.6 Å². The minimum Gasteiger partial charge on any atom is -0.489 e. The van der Waals surface area contributed by atoms with E-state index < -0.39 is 0 Å². The maximum atomic E-state index is 9.45. The summed E-state index contributed by atoms with van der Waals surface area (Å²) >= 11 is 18.0. The largest absolute Gasteiger partial charge is 0.489 e. The van der Waals surface area contributed by atoms with Crippen molar-refractivity contribution in [3.8, 4) is 5.75 Å². The predicted octanol–water partition coefficient (Wildman–Crippen LogP) is 3.21. The molecule has 0 amide bonds. The van der Waals surface area contributed by atoms with E-state index in [0.29, 0.717) is 59.7 Å². The number of aliphatic hydroxyl groups excluding tert-OH is 1. The van der Waals surface area contributed by atoms with Crippen molar-refractivity contribution in [3.63, 3.8) is 0 Å². The van der Waals surface area contributed by atoms with Crippen molar-refractivity contribution in [2.24, 2.45) is 10.4 Å². The Labute approximate surface area is 185 Å². The lowest BCUT2D eigenvalue weighted by atomic mass is 9.87. The molecule has 2 rings (SSSR count). The Morgan fingerprint density at radius 3 is 2.42 bits per heavy atom. The highest BCUT2D eigenvalue weighted by Crippen LogP contribution is 2.35. The summed E-state index contributed by atoms with van der Waals surface area (Å²) in [6.45, 7) is 5.18. The van der Waals surface area contributed by atoms with Gasteiger partial charge >= 0.3 is 0 Å². The van der Waals surface area contributed by atoms with Crippen LogP contribution in [0.4, 0.5) is 0 Å². The predicted molar refractivity (Wildman–Crippen MR) is 117 cm³/mol. The van der Waals surface area contributed by atoms with Crippen LogP contribution in [-0.2, 0) is 4.74 Å². The average molecular weight is 539 g/mol. The molecule has 0 aliphatic carbocycles. The third-order valence-corrected chi connectivity index (χ3v) is 4.45. The molecule has 148 valence electrons. The molecule has 3 N–H and O–H groups in total. The molecule has 0 saturated carbocycles. The zero-order valence-corrected chi connectivity index (χ0v) is 19.0. The molecule has 0 atom stereocenters. The Balaban J connectivity index is 0.00000338. The van der Waals surface area contributed by atoms with E-state index in [2.05, 4.69) is 15.6 Å². The first-order valence-electron chi connectivity index (χ1n) is 7.98. The Morgan fingerprint density at radius 1 is 1.27 bits per heavy atom. The van der Waals surface area contributed by atoms with Crippen LogP contribution in [0, 0.1) is 5.41 Å². The van der Waals surface area contributed by atoms with Crippen LogP contribution in [0.1, 0.15) is 6.92 Å². The number of guanidine groups is 1. The van der Waals surface area contributed by atoms with E-state index in [9.17, 15) is 5.11 Å². The summed E-state index contributed by atoms with van der Waals surface area (Å²) in [4.78, 5) is 4.50. The van der Waals surface area contributed by atoms with Gasteiger partial charge in [-0.2, -0.15) is 0 Å². The van der Waals surface area contributed by atoms with Gasteiger partial charge in [-0.3, -0.25) is 4.99 Å². The molecular formula is C16H23Cl3IN3O3. The van der Waals surface area contributed by atoms with Crippen LogP contribution in [0.5, 0.6) is 5.75 Å². The number of aliphatic hydroxyl groups is 1. The van der Waals surface area contributed by atoms with Gasteiger partial charge < -0.3 is 25.2 Å². The van der Waals surface area contributed by atoms with Crippen LogP contribution >= 0.6 is 58.8 Å². The number of hydrogen-bond donors (Lipinski definition) is 3. The van der Waals surface area contributed by atoms with Crippen molar-refractivity contribution in [2.75, 3.05) is 46.1 Å². The molecule has 0 bridgehead atoms. The smallest absolute Gasteiger partial charge is 0.191 e. The quantitative estimate of drug-likeness (QED) is 0.205. The van der Waals surface area contributed by atoms with Gasteiger partial charge in [0.2, 0.25) is 0 Å². The van der Waals surface area contributed by atoms with Gasteiger partial charge in [-0.1, -0.05) is 34.8 Å². The maximum Gasteiger partial charge on any atom is 0.191 e. The fourth-order valence-electron chi connectivity index (χ4n) is 2.20. The lowest BCUT2D eigenvalue weighted by molar-refractivity contribution is -0.130. The second-order valence-electron chi connectivity index (χ2n) is 5.82. The number of nitrogens with one attached hydrogen (secondary N) is 2. The first-order valence-corrected chi connectivity index (χ1v) is 9.11. The number of hydrogen-bond acceptors (Lipinski definition) is 4. The molecule has 0 spiro atoms. The zero-order chi connectivity index (χ0) is 18.3. The Bertz CT molecular complexity index is 587. The molecule has 26 heavy (non-hydrogen) atoms. The molecule has 1 aliphatic rings. The van der Waals surface area contributed by atoms with Crippen molar-refractivity contribution in [1.29, 1.82) is 0 Å². The molecule has 1 heterocycles. The number of aliphatic imine (C=N–C) groups is 1. The topological polar surface area (TPSA) is 75.1 Å². The molecule has 0 aromatic heterocycles. The number of halogens is 4. The van der Waals surface area contributed by atoms with Crippen molar-refractivity contribution >= 4 is 64.7 Å². The average Bonchev–Trinajstić information content (AvgIpc) is 2.52. The highest BCUT2D eigenvalue weighted by atomic mass is 127. The van der Waals surface area contributed by atoms with Gasteiger partial charge in [0.25, 0.3) is 0 Å². The van der Waals surface area contributed by atoms with Gasteiger partial charge in [-0.15, -0.1) is 24.0 Å². The van der Waals surface area contributed by atoms with Crippen molar-refractivity contribution in [3.05, 3.63) is 27.2 Å². The SMILES string of the molecule is CCNC(=NCC1(CO)COC1)NCCOc1c(Cl)cc(Cl)cc1Cl.I. The summed E-state index contributed by atoms with van der Waals surface area (Å²) in [7, 11) is 0. The molecular weight excluding hydrogens is 515 g/mol. The molecule has 1 fully saturated rings. The van der Waals surface area contributed by atoms with E-state index in [1.165, 1.54) is 0 Å². The van der Waals surface area contributed by atoms with E-state index in [1.54, 1.807) is 12.1 Å². The summed E-state index contributed by atoms with van der Waals surface area (Å²) in [6, 6.07) is 3.16. The fourth-order valence-corrected chi connectivity index (χ4v) is 3.13. The van der Waals surface area contributed by atoms with Crippen molar-refractivity contribution in [1.82, 2.24) is 10.6 Å². The van der Waals surface area contributed by atoms with Crippen molar-refractivity contribution < 1.29 is 14.6 Å². The zero-order valence-electron chi connectivity index (χ0n) is 14.4. The van der Waals surface area contributed by atoms with Gasteiger partial charge in [-0.05, 0) is 19.1 Å². The van der Waals surface area contributed by atoms with E-state index >= 15 is 0 Å². The Hall–Kier alpha value is -0.190. The van der Waals surface area contributed by atoms with E-state index in [4.69, 9.17) is 44.3 Å². The summed E-state index contributed by atoms with van der Waals surface area (Å²) in [6.07, 6.45) is 0. The van der Waals surface area contributed by atoms with E-state index in [-0.39, 0.29) is 36.0 Å². The minimum absolute atomic E-state index is 0. The first-order chi connectivity index (χ1) is 12.0. The Morgan fingerprint density at radius 2 is 1.92 bits per heavy atom. The van der Waals surface area contributed by atoms with Crippen molar-refractivity contribution in [2.45, 2.75) is 6.92 Å². The summed E-state index contributed by atoms with van der Waals surface area (Å²) in [5.74, 6) is 1.06. The van der Waals surface area contributed by atoms with Gasteiger partial charge in [0.1, 0.15) is 6.61 Å². The number of nitrogens with zero attached hydrogens (tertiary/aromatic N) is 1. The normalized spacial score (nSPS) is 15.7. The monoisotopic (exact) mass is 537 g/mol. The van der Waals surface area contributed by atoms with Crippen LogP contribution in [0.25, 0.3) is 0 Å². The Kier molecular flexibility index (Phi) is 10.6. The van der Waals surface area contributed by atoms with E-state index in [1.807, 2.05) is 6.92 Å². The second kappa shape index (κ2) is 11.6. The molecule has 1 saturated heterocycles. The molecule has 1 aromatic carbocycles. The van der Waals surface area contributed by atoms with Gasteiger partial charge in [0.05, 0.1) is 48.4 Å². The maximum absolute atomic E-state index is 9.45. The number of benzene rings is 1. The highest BCUT2D eigenvalue weighted by Gasteiger charge is 2.37. The summed E-state index contributed by atoms with van der Waals surface area (Å²) < 4.78 is 10.8. The van der Waals surface area contributed by atoms with Gasteiger partial charge in [0.15, 0.2) is 11.7 Å². The number of rotatable bonds is 8. The third-order valence-electron chi connectivity index (χ3n) is 3.67. The van der Waals surface area contributed by atoms with E-state index in [0.717, 1.165) is 6.54 Å². The second-order valence-corrected chi connectivity index (χ2v) is 7.07. The highest BCUT2D eigenvalue weighted by molar-refractivity contribution is 14.0. The lowest BCUT2D eigenvalue weighted by Crippen LogP contribution is -2.49. The lowest BCUT2D eigenvalue weighted by Gasteiger charge is -2.38. The van der Waals surface area contributed by atoms with Crippen LogP contribution in [0.15, 0.2) is 17.1 Å². The molecule has 10 heteroatoms. The van der Waals surface area contributed by atoms with Gasteiger partial charge in [-0.25, -0.2) is 0 Å². The van der Waals surface area contributed by atoms with Crippen LogP contribution < -0.4 is 15.4 Å². The summed E-state index contributed by atoms with van der Waals surface area (Å²) in [5, 5.41) is 17.0. The minimum atomic E-state index is -0.261. The molecule has 1 aromatic rings. The van der Waals surface area contributed by atoms with Crippen LogP contribution in [-0.4, -0.2) is 57.1 Å². The van der Waals surface area contributed by atoms with Crippen LogP contribution in [0.2, 0.25) is 15.1 Å². The number of ether oxygens (including phenoxy) is 2. The third kappa shape index (κ3) is 6.76. The molecule has 6 nitrogen and oxygen atoms in total. The summed E-state index contributed by atoms with van der Waals surface area (Å²) in [5.41, 5.74) is -0.261. The fraction of sp³-hybridized carbons (Fsp3) is 0.562. The molecule has 0 radical (unpaired) electrons. The molecule has 0 unspecified atom stereocenters. The molecule has 1 aliphatic heterocycles. The first kappa shape index (κ1) is 23.8. The van der Waals surface area contributed by atoms with Crippen LogP contribution in [0.3, 0.4) is 0 Å². The standard InChI is InChI=1S/C16H22Cl3N3O3.HI/c1-2-20-15(22-7-16(8-23)9-24-10-16)21-3-4-25-14-12(18)5-11(17)6-13(14)19;/h5-6,23H,2-4,7-10H2,1H3,(H2,20,21,22);1H.